The van der Waals surface area contributed by atoms with Gasteiger partial charge in [-0.2, -0.15) is 0 Å². The van der Waals surface area contributed by atoms with Gasteiger partial charge in [-0.05, 0) is 36.8 Å². The first kappa shape index (κ1) is 25.1. The summed E-state index contributed by atoms with van der Waals surface area (Å²) in [6, 6.07) is 10.3. The second-order valence-corrected chi connectivity index (χ2v) is 10.0. The third kappa shape index (κ3) is 4.03. The molecule has 2 aromatic heterocycles. The van der Waals surface area contributed by atoms with E-state index in [1.807, 2.05) is 0 Å². The van der Waals surface area contributed by atoms with E-state index in [1.54, 1.807) is 31.2 Å². The minimum Gasteiger partial charge on any atom is -0.495 e. The number of rotatable bonds is 7. The lowest BCUT2D eigenvalue weighted by Gasteiger charge is -2.23. The predicted octanol–water partition coefficient (Wildman–Crippen LogP) is 3.22. The van der Waals surface area contributed by atoms with Crippen LogP contribution in [0, 0.1) is 6.92 Å². The van der Waals surface area contributed by atoms with Gasteiger partial charge in [-0.15, -0.1) is 0 Å². The molecule has 188 valence electrons. The number of benzene rings is 2. The first-order valence-corrected chi connectivity index (χ1v) is 12.2. The zero-order valence-corrected chi connectivity index (χ0v) is 21.1. The molecule has 0 aliphatic carbocycles. The number of fused-ring (bicyclic) bond motifs is 1. The van der Waals surface area contributed by atoms with E-state index in [-0.39, 0.29) is 43.9 Å². The van der Waals surface area contributed by atoms with Gasteiger partial charge in [0.05, 0.1) is 36.1 Å². The van der Waals surface area contributed by atoms with Crippen molar-refractivity contribution in [3.05, 3.63) is 69.2 Å². The highest BCUT2D eigenvalue weighted by Crippen LogP contribution is 2.37. The molecule has 0 radical (unpaired) electrons. The summed E-state index contributed by atoms with van der Waals surface area (Å²) in [7, 11) is -0.206. The second-order valence-electron chi connectivity index (χ2n) is 7.69. The highest BCUT2D eigenvalue weighted by atomic mass is 35.5. The molecule has 2 N–H and O–H groups in total. The van der Waals surface area contributed by atoms with Gasteiger partial charge >= 0.3 is 11.7 Å². The summed E-state index contributed by atoms with van der Waals surface area (Å²) in [5.74, 6) is -1.03. The molecule has 0 aliphatic rings. The van der Waals surface area contributed by atoms with Crippen molar-refractivity contribution in [1.29, 1.82) is 0 Å². The topological polar surface area (TPSA) is 144 Å². The van der Waals surface area contributed by atoms with E-state index < -0.39 is 21.7 Å². The van der Waals surface area contributed by atoms with E-state index in [0.29, 0.717) is 11.3 Å². The van der Waals surface area contributed by atoms with E-state index >= 15 is 0 Å². The number of ether oxygens (including phenoxy) is 2. The molecule has 2 aromatic carbocycles. The Bertz CT molecular complexity index is 1680. The molecule has 11 nitrogen and oxygen atoms in total. The quantitative estimate of drug-likeness (QED) is 0.369. The van der Waals surface area contributed by atoms with Crippen LogP contribution in [0.5, 0.6) is 11.5 Å². The number of para-hydroxylation sites is 2. The number of anilines is 1. The van der Waals surface area contributed by atoms with Crippen LogP contribution in [0.15, 0.2) is 52.2 Å². The molecule has 36 heavy (non-hydrogen) atoms. The van der Waals surface area contributed by atoms with Gasteiger partial charge in [0.1, 0.15) is 16.4 Å². The summed E-state index contributed by atoms with van der Waals surface area (Å²) in [6.45, 7) is 1.62. The molecule has 4 aromatic rings. The summed E-state index contributed by atoms with van der Waals surface area (Å²) in [5, 5.41) is 9.41. The number of H-pyrrole nitrogens is 1. The number of imidazole rings is 1. The molecule has 0 saturated carbocycles. The van der Waals surface area contributed by atoms with Crippen molar-refractivity contribution in [2.24, 2.45) is 0 Å². The number of hydrogen-bond acceptors (Lipinski definition) is 7. The largest absolute Gasteiger partial charge is 0.495 e. The molecule has 4 rings (SSSR count). The van der Waals surface area contributed by atoms with Gasteiger partial charge in [0.2, 0.25) is 0 Å². The highest BCUT2D eigenvalue weighted by Gasteiger charge is 2.30. The number of hydrogen-bond donors (Lipinski definition) is 2. The van der Waals surface area contributed by atoms with Crippen LogP contribution < -0.4 is 19.5 Å². The normalized spacial score (nSPS) is 11.5. The van der Waals surface area contributed by atoms with Gasteiger partial charge < -0.3 is 19.6 Å². The maximum Gasteiger partial charge on any atom is 0.354 e. The smallest absolute Gasteiger partial charge is 0.354 e. The van der Waals surface area contributed by atoms with Gasteiger partial charge in [0.15, 0.2) is 11.3 Å². The van der Waals surface area contributed by atoms with Crippen LogP contribution in [0.2, 0.25) is 5.02 Å². The molecule has 0 saturated heterocycles. The minimum absolute atomic E-state index is 0.0195. The van der Waals surface area contributed by atoms with Gasteiger partial charge in [-0.3, -0.25) is 4.31 Å². The molecule has 2 heterocycles. The van der Waals surface area contributed by atoms with Crippen molar-refractivity contribution in [2.45, 2.75) is 11.8 Å². The Kier molecular flexibility index (Phi) is 6.41. The number of aromatic amines is 1. The van der Waals surface area contributed by atoms with Crippen LogP contribution in [0.25, 0.3) is 16.9 Å². The third-order valence-electron chi connectivity index (χ3n) is 5.60. The number of carbonyl (C=O) groups is 1. The zero-order chi connectivity index (χ0) is 26.4. The van der Waals surface area contributed by atoms with Crippen LogP contribution in [0.1, 0.15) is 16.1 Å². The lowest BCUT2D eigenvalue weighted by molar-refractivity contribution is 0.0690. The van der Waals surface area contributed by atoms with Crippen molar-refractivity contribution < 1.29 is 27.8 Å². The number of nitrogens with one attached hydrogen (secondary N) is 1. The summed E-state index contributed by atoms with van der Waals surface area (Å²) in [5.41, 5.74) is -0.0147. The number of carboxylic acids is 1. The number of sulfonamides is 1. The van der Waals surface area contributed by atoms with Crippen molar-refractivity contribution >= 4 is 44.4 Å². The highest BCUT2D eigenvalue weighted by molar-refractivity contribution is 7.93. The molecule has 0 amide bonds. The van der Waals surface area contributed by atoms with E-state index in [4.69, 9.17) is 21.1 Å². The fourth-order valence-corrected chi connectivity index (χ4v) is 5.39. The Labute approximate surface area is 210 Å². The van der Waals surface area contributed by atoms with Gasteiger partial charge in [-0.1, -0.05) is 23.7 Å². The fraction of sp³-hybridized carbons (Fsp3) is 0.174. The number of methoxy groups -OCH3 is 2. The van der Waals surface area contributed by atoms with Crippen molar-refractivity contribution in [1.82, 2.24) is 14.5 Å². The molecule has 0 unspecified atom stereocenters. The molecule has 0 aliphatic heterocycles. The number of carboxylic acid groups (broad SMARTS) is 1. The summed E-state index contributed by atoms with van der Waals surface area (Å²) >= 11 is 6.45. The van der Waals surface area contributed by atoms with Gasteiger partial charge in [-0.25, -0.2) is 27.6 Å². The van der Waals surface area contributed by atoms with Crippen LogP contribution >= 0.6 is 11.6 Å². The maximum absolute atomic E-state index is 13.7. The fourth-order valence-electron chi connectivity index (χ4n) is 3.79. The number of halogens is 1. The van der Waals surface area contributed by atoms with Crippen molar-refractivity contribution in [3.8, 4) is 17.2 Å². The lowest BCUT2D eigenvalue weighted by Crippen LogP contribution is -2.28. The number of aryl methyl sites for hydroxylation is 1. The molecule has 0 bridgehead atoms. The molecule has 13 heteroatoms. The standard InChI is InChI=1S/C23H21ClN4O7S/c1-12-9-14(22(29)30)25-21-20(12)26-23(31)28(21)16-11-19(18(35-4)10-13(16)24)36(32,33)27(2)15-7-5-6-8-17(15)34-3/h5-11H,1-4H3,(H,26,31)(H,29,30). The number of pyridine rings is 1. The molecule has 0 fully saturated rings. The van der Waals surface area contributed by atoms with E-state index in [0.717, 1.165) is 8.87 Å². The average Bonchev–Trinajstić information content (AvgIpc) is 3.19. The van der Waals surface area contributed by atoms with E-state index in [9.17, 15) is 23.1 Å². The summed E-state index contributed by atoms with van der Waals surface area (Å²) in [6.07, 6.45) is 0. The monoisotopic (exact) mass is 532 g/mol. The Morgan fingerprint density at radius 3 is 2.44 bits per heavy atom. The molecule has 0 spiro atoms. The molecule has 0 atom stereocenters. The van der Waals surface area contributed by atoms with Crippen molar-refractivity contribution in [3.63, 3.8) is 0 Å². The second kappa shape index (κ2) is 9.21. The number of nitrogens with zero attached hydrogens (tertiary/aromatic N) is 3. The number of aromatic carboxylic acids is 1. The third-order valence-corrected chi connectivity index (χ3v) is 7.70. The zero-order valence-electron chi connectivity index (χ0n) is 19.6. The first-order valence-electron chi connectivity index (χ1n) is 10.4. The van der Waals surface area contributed by atoms with Crippen molar-refractivity contribution in [2.75, 3.05) is 25.6 Å². The van der Waals surface area contributed by atoms with E-state index in [2.05, 4.69) is 9.97 Å². The van der Waals surface area contributed by atoms with Gasteiger partial charge in [0.25, 0.3) is 10.0 Å². The predicted molar refractivity (Wildman–Crippen MR) is 134 cm³/mol. The summed E-state index contributed by atoms with van der Waals surface area (Å²) < 4.78 is 40.1. The van der Waals surface area contributed by atoms with Crippen LogP contribution in [0.4, 0.5) is 5.69 Å². The van der Waals surface area contributed by atoms with Gasteiger partial charge in [0, 0.05) is 13.1 Å². The van der Waals surface area contributed by atoms with Crippen LogP contribution in [0.3, 0.4) is 0 Å². The molecular formula is C23H21ClN4O7S. The lowest BCUT2D eigenvalue weighted by atomic mass is 10.2. The molecular weight excluding hydrogens is 512 g/mol. The summed E-state index contributed by atoms with van der Waals surface area (Å²) in [4.78, 5) is 30.9. The average molecular weight is 533 g/mol. The Balaban J connectivity index is 1.99. The number of aromatic nitrogens is 3. The Morgan fingerprint density at radius 2 is 1.81 bits per heavy atom. The van der Waals surface area contributed by atoms with E-state index in [1.165, 1.54) is 39.5 Å². The Hall–Kier alpha value is -4.03. The van der Waals surface area contributed by atoms with Crippen LogP contribution in [-0.4, -0.2) is 55.3 Å². The Morgan fingerprint density at radius 1 is 1.14 bits per heavy atom. The van der Waals surface area contributed by atoms with Crippen LogP contribution in [-0.2, 0) is 10.0 Å². The minimum atomic E-state index is -4.26. The first-order chi connectivity index (χ1) is 17.0. The SMILES string of the molecule is COc1ccccc1N(C)S(=O)(=O)c1cc(-n2c(=O)[nH]c3c(C)cc(C(=O)O)nc32)c(Cl)cc1OC. The maximum atomic E-state index is 13.7.